The highest BCUT2D eigenvalue weighted by molar-refractivity contribution is 5.80. The molecule has 1 aromatic heterocycles. The van der Waals surface area contributed by atoms with Gasteiger partial charge in [-0.1, -0.05) is 24.1 Å². The second kappa shape index (κ2) is 5.73. The Morgan fingerprint density at radius 2 is 2.29 bits per heavy atom. The maximum atomic E-state index is 12.8. The molecule has 1 saturated carbocycles. The number of aryl methyl sites for hydroxylation is 1. The van der Waals surface area contributed by atoms with Crippen LogP contribution in [0.1, 0.15) is 24.2 Å². The van der Waals surface area contributed by atoms with Crippen LogP contribution in [0.3, 0.4) is 0 Å². The monoisotopic (exact) mass is 280 g/mol. The number of aromatic nitrogens is 1. The summed E-state index contributed by atoms with van der Waals surface area (Å²) in [5, 5.41) is 0. The van der Waals surface area contributed by atoms with Gasteiger partial charge in [-0.05, 0) is 43.7 Å². The van der Waals surface area contributed by atoms with Gasteiger partial charge in [0.2, 0.25) is 5.91 Å². The average Bonchev–Trinajstić information content (AvgIpc) is 3.09. The average molecular weight is 280 g/mol. The SMILES string of the molecule is C#CCN(Cc1cccc(C)n1)C(=O)[C@@H]1C[C@H]2C=C[C@H]1C2. The van der Waals surface area contributed by atoms with Gasteiger partial charge in [-0.15, -0.1) is 6.42 Å². The van der Waals surface area contributed by atoms with Crippen LogP contribution < -0.4 is 0 Å². The molecule has 0 aromatic carbocycles. The molecule has 1 aromatic rings. The van der Waals surface area contributed by atoms with E-state index in [1.54, 1.807) is 4.90 Å². The molecule has 0 unspecified atom stereocenters. The number of amides is 1. The molecule has 2 aliphatic carbocycles. The standard InChI is InChI=1S/C18H20N2O/c1-3-9-20(12-16-6-4-5-13(2)19-16)18(21)17-11-14-7-8-15(17)10-14/h1,4-8,14-15,17H,9-12H2,2H3/t14-,15-,17+/m0/s1. The van der Waals surface area contributed by atoms with Crippen molar-refractivity contribution in [2.75, 3.05) is 6.54 Å². The van der Waals surface area contributed by atoms with E-state index < -0.39 is 0 Å². The highest BCUT2D eigenvalue weighted by atomic mass is 16.2. The van der Waals surface area contributed by atoms with Gasteiger partial charge in [0, 0.05) is 11.6 Å². The van der Waals surface area contributed by atoms with Gasteiger partial charge < -0.3 is 4.90 Å². The predicted octanol–water partition coefficient (Wildman–Crippen LogP) is 2.56. The number of hydrogen-bond donors (Lipinski definition) is 0. The molecular formula is C18H20N2O. The van der Waals surface area contributed by atoms with Crippen LogP contribution in [-0.4, -0.2) is 22.3 Å². The van der Waals surface area contributed by atoms with E-state index in [0.29, 0.717) is 24.9 Å². The van der Waals surface area contributed by atoms with Crippen LogP contribution in [0.4, 0.5) is 0 Å². The molecule has 0 N–H and O–H groups in total. The highest BCUT2D eigenvalue weighted by Gasteiger charge is 2.41. The Bertz CT molecular complexity index is 614. The molecule has 3 heteroatoms. The van der Waals surface area contributed by atoms with E-state index in [2.05, 4.69) is 23.1 Å². The molecule has 1 amide bonds. The molecule has 2 bridgehead atoms. The highest BCUT2D eigenvalue weighted by Crippen LogP contribution is 2.44. The molecule has 108 valence electrons. The first kappa shape index (κ1) is 13.9. The first-order chi connectivity index (χ1) is 10.2. The Hall–Kier alpha value is -2.08. The molecule has 3 nitrogen and oxygen atoms in total. The second-order valence-electron chi connectivity index (χ2n) is 6.06. The fourth-order valence-electron chi connectivity index (χ4n) is 3.50. The lowest BCUT2D eigenvalue weighted by Gasteiger charge is -2.26. The summed E-state index contributed by atoms with van der Waals surface area (Å²) in [6.07, 6.45) is 12.0. The van der Waals surface area contributed by atoms with E-state index in [1.807, 2.05) is 25.1 Å². The molecule has 1 heterocycles. The van der Waals surface area contributed by atoms with Crippen LogP contribution in [0.25, 0.3) is 0 Å². The zero-order valence-electron chi connectivity index (χ0n) is 12.3. The quantitative estimate of drug-likeness (QED) is 0.627. The molecule has 1 fully saturated rings. The lowest BCUT2D eigenvalue weighted by Crippen LogP contribution is -2.37. The van der Waals surface area contributed by atoms with Gasteiger partial charge in [0.05, 0.1) is 18.8 Å². The minimum absolute atomic E-state index is 0.109. The van der Waals surface area contributed by atoms with Gasteiger partial charge in [-0.3, -0.25) is 9.78 Å². The fourth-order valence-corrected chi connectivity index (χ4v) is 3.50. The van der Waals surface area contributed by atoms with E-state index >= 15 is 0 Å². The van der Waals surface area contributed by atoms with Crippen molar-refractivity contribution >= 4 is 5.91 Å². The predicted molar refractivity (Wildman–Crippen MR) is 82.1 cm³/mol. The maximum absolute atomic E-state index is 12.8. The summed E-state index contributed by atoms with van der Waals surface area (Å²) < 4.78 is 0. The van der Waals surface area contributed by atoms with E-state index in [0.717, 1.165) is 24.2 Å². The van der Waals surface area contributed by atoms with Gasteiger partial charge in [0.1, 0.15) is 0 Å². The van der Waals surface area contributed by atoms with Gasteiger partial charge in [-0.25, -0.2) is 0 Å². The number of fused-ring (bicyclic) bond motifs is 2. The number of carbonyl (C=O) groups is 1. The largest absolute Gasteiger partial charge is 0.325 e. The van der Waals surface area contributed by atoms with Crippen LogP contribution >= 0.6 is 0 Å². The smallest absolute Gasteiger partial charge is 0.227 e. The fraction of sp³-hybridized carbons (Fsp3) is 0.444. The van der Waals surface area contributed by atoms with Crippen LogP contribution in [0.5, 0.6) is 0 Å². The molecular weight excluding hydrogens is 260 g/mol. The van der Waals surface area contributed by atoms with Crippen molar-refractivity contribution in [1.82, 2.24) is 9.88 Å². The minimum atomic E-state index is 0.109. The summed E-state index contributed by atoms with van der Waals surface area (Å²) in [5.41, 5.74) is 1.86. The molecule has 0 radical (unpaired) electrons. The summed E-state index contributed by atoms with van der Waals surface area (Å²) in [5.74, 6) is 3.91. The Balaban J connectivity index is 1.74. The van der Waals surface area contributed by atoms with Crippen molar-refractivity contribution < 1.29 is 4.79 Å². The molecule has 21 heavy (non-hydrogen) atoms. The minimum Gasteiger partial charge on any atom is -0.325 e. The Kier molecular flexibility index (Phi) is 3.79. The third-order valence-corrected chi connectivity index (χ3v) is 4.49. The van der Waals surface area contributed by atoms with Crippen LogP contribution in [0, 0.1) is 37.0 Å². The van der Waals surface area contributed by atoms with Crippen LogP contribution in [0.2, 0.25) is 0 Å². The van der Waals surface area contributed by atoms with Crippen LogP contribution in [0.15, 0.2) is 30.4 Å². The van der Waals surface area contributed by atoms with Crippen molar-refractivity contribution in [3.63, 3.8) is 0 Å². The molecule has 2 aliphatic rings. The van der Waals surface area contributed by atoms with Crippen molar-refractivity contribution in [2.45, 2.75) is 26.3 Å². The maximum Gasteiger partial charge on any atom is 0.227 e. The normalized spacial score (nSPS) is 25.8. The number of allylic oxidation sites excluding steroid dienone is 2. The van der Waals surface area contributed by atoms with Crippen molar-refractivity contribution in [2.24, 2.45) is 17.8 Å². The molecule has 3 atom stereocenters. The number of terminal acetylenes is 1. The Morgan fingerprint density at radius 3 is 2.90 bits per heavy atom. The van der Waals surface area contributed by atoms with Crippen molar-refractivity contribution in [1.29, 1.82) is 0 Å². The van der Waals surface area contributed by atoms with Gasteiger partial charge >= 0.3 is 0 Å². The first-order valence-corrected chi connectivity index (χ1v) is 7.50. The second-order valence-corrected chi connectivity index (χ2v) is 6.06. The van der Waals surface area contributed by atoms with Gasteiger partial charge in [-0.2, -0.15) is 0 Å². The molecule has 0 saturated heterocycles. The van der Waals surface area contributed by atoms with Crippen molar-refractivity contribution in [3.8, 4) is 12.3 Å². The topological polar surface area (TPSA) is 33.2 Å². The number of pyridine rings is 1. The molecule has 3 rings (SSSR count). The van der Waals surface area contributed by atoms with Gasteiger partial charge in [0.15, 0.2) is 0 Å². The third-order valence-electron chi connectivity index (χ3n) is 4.49. The Morgan fingerprint density at radius 1 is 1.43 bits per heavy atom. The first-order valence-electron chi connectivity index (χ1n) is 7.50. The lowest BCUT2D eigenvalue weighted by atomic mass is 9.92. The van der Waals surface area contributed by atoms with Crippen LogP contribution in [-0.2, 0) is 11.3 Å². The number of nitrogens with zero attached hydrogens (tertiary/aromatic N) is 2. The molecule has 0 aliphatic heterocycles. The number of rotatable bonds is 4. The summed E-state index contributed by atoms with van der Waals surface area (Å²) in [7, 11) is 0. The summed E-state index contributed by atoms with van der Waals surface area (Å²) in [6.45, 7) is 2.81. The third kappa shape index (κ3) is 2.85. The lowest BCUT2D eigenvalue weighted by molar-refractivity contribution is -0.136. The summed E-state index contributed by atoms with van der Waals surface area (Å²) in [6, 6.07) is 5.87. The van der Waals surface area contributed by atoms with E-state index in [1.165, 1.54) is 0 Å². The summed E-state index contributed by atoms with van der Waals surface area (Å²) >= 11 is 0. The number of hydrogen-bond acceptors (Lipinski definition) is 2. The van der Waals surface area contributed by atoms with E-state index in [4.69, 9.17) is 6.42 Å². The Labute approximate surface area is 126 Å². The summed E-state index contributed by atoms with van der Waals surface area (Å²) in [4.78, 5) is 19.0. The number of carbonyl (C=O) groups excluding carboxylic acids is 1. The van der Waals surface area contributed by atoms with Crippen molar-refractivity contribution in [3.05, 3.63) is 41.7 Å². The van der Waals surface area contributed by atoms with Gasteiger partial charge in [0.25, 0.3) is 0 Å². The zero-order chi connectivity index (χ0) is 14.8. The van der Waals surface area contributed by atoms with E-state index in [9.17, 15) is 4.79 Å². The van der Waals surface area contributed by atoms with E-state index in [-0.39, 0.29) is 11.8 Å². The molecule has 0 spiro atoms. The zero-order valence-corrected chi connectivity index (χ0v) is 12.3.